The Morgan fingerprint density at radius 2 is 2.00 bits per heavy atom. The van der Waals surface area contributed by atoms with Gasteiger partial charge in [-0.3, -0.25) is 4.79 Å². The van der Waals surface area contributed by atoms with Crippen molar-refractivity contribution in [3.63, 3.8) is 0 Å². The van der Waals surface area contributed by atoms with E-state index in [1.165, 1.54) is 31.0 Å². The van der Waals surface area contributed by atoms with E-state index in [2.05, 4.69) is 4.99 Å². The van der Waals surface area contributed by atoms with Crippen LogP contribution in [-0.2, 0) is 19.1 Å². The summed E-state index contributed by atoms with van der Waals surface area (Å²) in [5.74, 6) is -0.958. The van der Waals surface area contributed by atoms with E-state index in [1.807, 2.05) is 29.1 Å². The van der Waals surface area contributed by atoms with Crippen molar-refractivity contribution in [2.45, 2.75) is 45.4 Å². The minimum atomic E-state index is -0.637. The van der Waals surface area contributed by atoms with Gasteiger partial charge in [-0.15, -0.1) is 0 Å². The van der Waals surface area contributed by atoms with Gasteiger partial charge in [0.05, 0.1) is 43.1 Å². The van der Waals surface area contributed by atoms with Crippen molar-refractivity contribution in [3.05, 3.63) is 58.0 Å². The van der Waals surface area contributed by atoms with Crippen LogP contribution in [0.1, 0.15) is 38.8 Å². The number of amidine groups is 1. The third kappa shape index (κ3) is 4.31. The molecule has 1 saturated heterocycles. The molecule has 1 aromatic rings. The molecule has 9 heteroatoms. The standard InChI is InChI=1S/C23H26FN3O4S/c1-13-10-26(11-14(2)31-13)19(28)9-18-12-32-23-25-15(3)20(22(29)30-4)21(27(18)23)16-6-5-7-17(24)8-16/h5-8,12-14,21H,9-11H2,1-4H3/t13-,14+,21-/m0/s1. The summed E-state index contributed by atoms with van der Waals surface area (Å²) in [5, 5.41) is 2.53. The number of thioether (sulfide) groups is 1. The van der Waals surface area contributed by atoms with Crippen molar-refractivity contribution in [3.8, 4) is 0 Å². The molecule has 7 nitrogen and oxygen atoms in total. The Kier molecular flexibility index (Phi) is 6.39. The summed E-state index contributed by atoms with van der Waals surface area (Å²) < 4.78 is 24.9. The summed E-state index contributed by atoms with van der Waals surface area (Å²) in [6.07, 6.45) is 0.0849. The zero-order chi connectivity index (χ0) is 23.0. The van der Waals surface area contributed by atoms with Gasteiger partial charge in [-0.05, 0) is 43.9 Å². The quantitative estimate of drug-likeness (QED) is 0.641. The second-order valence-corrected chi connectivity index (χ2v) is 9.01. The van der Waals surface area contributed by atoms with E-state index >= 15 is 0 Å². The van der Waals surface area contributed by atoms with Crippen LogP contribution < -0.4 is 0 Å². The largest absolute Gasteiger partial charge is 0.466 e. The predicted octanol–water partition coefficient (Wildman–Crippen LogP) is 3.60. The van der Waals surface area contributed by atoms with Crippen LogP contribution >= 0.6 is 11.8 Å². The van der Waals surface area contributed by atoms with Gasteiger partial charge in [-0.25, -0.2) is 14.2 Å². The second kappa shape index (κ2) is 9.07. The molecule has 1 fully saturated rings. The highest BCUT2D eigenvalue weighted by atomic mass is 32.2. The minimum Gasteiger partial charge on any atom is -0.466 e. The van der Waals surface area contributed by atoms with Crippen molar-refractivity contribution in [1.82, 2.24) is 9.80 Å². The topological polar surface area (TPSA) is 71.4 Å². The highest BCUT2D eigenvalue weighted by Crippen LogP contribution is 2.45. The van der Waals surface area contributed by atoms with Gasteiger partial charge in [0.2, 0.25) is 5.91 Å². The molecular weight excluding hydrogens is 433 g/mol. The zero-order valence-corrected chi connectivity index (χ0v) is 19.3. The lowest BCUT2D eigenvalue weighted by Gasteiger charge is -2.38. The predicted molar refractivity (Wildman–Crippen MR) is 120 cm³/mol. The van der Waals surface area contributed by atoms with Crippen molar-refractivity contribution < 1.29 is 23.5 Å². The molecule has 0 spiro atoms. The molecule has 170 valence electrons. The molecule has 0 saturated carbocycles. The van der Waals surface area contributed by atoms with E-state index in [4.69, 9.17) is 9.47 Å². The van der Waals surface area contributed by atoms with Crippen molar-refractivity contribution >= 4 is 28.8 Å². The Balaban J connectivity index is 1.67. The molecule has 3 aliphatic rings. The number of aliphatic imine (C=N–C) groups is 1. The Bertz CT molecular complexity index is 1030. The molecule has 0 radical (unpaired) electrons. The summed E-state index contributed by atoms with van der Waals surface area (Å²) in [4.78, 5) is 34.1. The van der Waals surface area contributed by atoms with E-state index in [9.17, 15) is 14.0 Å². The van der Waals surface area contributed by atoms with Crippen LogP contribution in [0, 0.1) is 5.82 Å². The number of allylic oxidation sites excluding steroid dienone is 1. The van der Waals surface area contributed by atoms with E-state index in [0.29, 0.717) is 40.8 Å². The van der Waals surface area contributed by atoms with Crippen molar-refractivity contribution in [2.75, 3.05) is 20.2 Å². The Morgan fingerprint density at radius 3 is 2.66 bits per heavy atom. The molecule has 3 heterocycles. The molecule has 0 aliphatic carbocycles. The summed E-state index contributed by atoms with van der Waals surface area (Å²) in [7, 11) is 1.31. The lowest BCUT2D eigenvalue weighted by molar-refractivity contribution is -0.142. The van der Waals surface area contributed by atoms with Gasteiger partial charge in [0.25, 0.3) is 0 Å². The molecule has 32 heavy (non-hydrogen) atoms. The van der Waals surface area contributed by atoms with Gasteiger partial charge < -0.3 is 19.3 Å². The Morgan fingerprint density at radius 1 is 1.28 bits per heavy atom. The zero-order valence-electron chi connectivity index (χ0n) is 18.5. The van der Waals surface area contributed by atoms with Crippen LogP contribution in [0.3, 0.4) is 0 Å². The SMILES string of the molecule is COC(=O)C1=C(C)N=C2SC=C(CC(=O)N3C[C@@H](C)O[C@@H](C)C3)N2[C@H]1c1cccc(F)c1. The first-order valence-electron chi connectivity index (χ1n) is 10.5. The number of amides is 1. The lowest BCUT2D eigenvalue weighted by atomic mass is 9.93. The number of hydrogen-bond donors (Lipinski definition) is 0. The smallest absolute Gasteiger partial charge is 0.338 e. The number of esters is 1. The number of rotatable bonds is 4. The first-order chi connectivity index (χ1) is 15.3. The van der Waals surface area contributed by atoms with Crippen LogP contribution in [-0.4, -0.2) is 59.3 Å². The molecule has 3 aliphatic heterocycles. The average molecular weight is 460 g/mol. The number of carbonyl (C=O) groups excluding carboxylic acids is 2. The minimum absolute atomic E-state index is 0.0241. The third-order valence-corrected chi connectivity index (χ3v) is 6.56. The van der Waals surface area contributed by atoms with Crippen molar-refractivity contribution in [1.29, 1.82) is 0 Å². The number of morpholine rings is 1. The van der Waals surface area contributed by atoms with Gasteiger partial charge in [-0.2, -0.15) is 0 Å². The summed E-state index contributed by atoms with van der Waals surface area (Å²) in [6, 6.07) is 5.49. The van der Waals surface area contributed by atoms with Crippen LogP contribution in [0.15, 0.2) is 51.6 Å². The maximum absolute atomic E-state index is 14.1. The lowest BCUT2D eigenvalue weighted by Crippen LogP contribution is -2.48. The van der Waals surface area contributed by atoms with Crippen LogP contribution in [0.5, 0.6) is 0 Å². The maximum Gasteiger partial charge on any atom is 0.338 e. The third-order valence-electron chi connectivity index (χ3n) is 5.68. The highest BCUT2D eigenvalue weighted by Gasteiger charge is 2.41. The molecule has 0 N–H and O–H groups in total. The number of fused-ring (bicyclic) bond motifs is 1. The van der Waals surface area contributed by atoms with Gasteiger partial charge >= 0.3 is 5.97 Å². The summed E-state index contributed by atoms with van der Waals surface area (Å²) in [5.41, 5.74) is 2.15. The molecular formula is C23H26FN3O4S. The van der Waals surface area contributed by atoms with Gasteiger partial charge in [-0.1, -0.05) is 23.9 Å². The molecule has 4 rings (SSSR count). The molecule has 3 atom stereocenters. The fourth-order valence-electron chi connectivity index (χ4n) is 4.38. The van der Waals surface area contributed by atoms with Gasteiger partial charge in [0, 0.05) is 18.8 Å². The van der Waals surface area contributed by atoms with Gasteiger partial charge in [0.1, 0.15) is 5.82 Å². The summed E-state index contributed by atoms with van der Waals surface area (Å²) in [6.45, 7) is 6.70. The monoisotopic (exact) mass is 459 g/mol. The van der Waals surface area contributed by atoms with Gasteiger partial charge in [0.15, 0.2) is 5.17 Å². The number of hydrogen-bond acceptors (Lipinski definition) is 7. The van der Waals surface area contributed by atoms with E-state index in [-0.39, 0.29) is 24.5 Å². The van der Waals surface area contributed by atoms with Crippen molar-refractivity contribution in [2.24, 2.45) is 4.99 Å². The van der Waals surface area contributed by atoms with Crippen LogP contribution in [0.2, 0.25) is 0 Å². The fraction of sp³-hybridized carbons (Fsp3) is 0.435. The van der Waals surface area contributed by atoms with Crippen LogP contribution in [0.25, 0.3) is 0 Å². The van der Waals surface area contributed by atoms with E-state index in [1.54, 1.807) is 19.1 Å². The number of nitrogens with zero attached hydrogens (tertiary/aromatic N) is 3. The number of halogens is 1. The summed E-state index contributed by atoms with van der Waals surface area (Å²) >= 11 is 1.39. The van der Waals surface area contributed by atoms with Crippen LogP contribution in [0.4, 0.5) is 4.39 Å². The average Bonchev–Trinajstić information content (AvgIpc) is 3.13. The normalized spacial score (nSPS) is 25.3. The fourth-order valence-corrected chi connectivity index (χ4v) is 5.35. The number of ether oxygens (including phenoxy) is 2. The molecule has 1 amide bonds. The first kappa shape index (κ1) is 22.5. The molecule has 0 bridgehead atoms. The number of methoxy groups -OCH3 is 1. The second-order valence-electron chi connectivity index (χ2n) is 8.17. The Hall–Kier alpha value is -2.65. The maximum atomic E-state index is 14.1. The van der Waals surface area contributed by atoms with E-state index in [0.717, 1.165) is 0 Å². The molecule has 1 aromatic carbocycles. The number of carbonyl (C=O) groups is 2. The first-order valence-corrected chi connectivity index (χ1v) is 11.4. The highest BCUT2D eigenvalue weighted by molar-refractivity contribution is 8.16. The number of benzene rings is 1. The molecule has 0 unspecified atom stereocenters. The molecule has 0 aromatic heterocycles. The Labute approximate surface area is 190 Å². The van der Waals surface area contributed by atoms with E-state index < -0.39 is 17.8 Å².